The number of anilines is 1. The molecule has 190 valence electrons. The zero-order valence-corrected chi connectivity index (χ0v) is 20.5. The lowest BCUT2D eigenvalue weighted by atomic mass is 10.1. The fraction of sp³-hybridized carbons (Fsp3) is 0.611. The van der Waals surface area contributed by atoms with E-state index in [0.29, 0.717) is 22.9 Å². The number of piperidine rings is 1. The van der Waals surface area contributed by atoms with Crippen LogP contribution >= 0.6 is 26.8 Å². The number of nitriles is 1. The first-order chi connectivity index (χ1) is 16.4. The molecule has 4 heterocycles. The number of fused-ring (bicyclic) bond motifs is 2. The molecule has 0 bridgehead atoms. The number of rotatable bonds is 7. The summed E-state index contributed by atoms with van der Waals surface area (Å²) in [6.45, 7) is 0.823. The average molecular weight is 550 g/mol. The van der Waals surface area contributed by atoms with Crippen molar-refractivity contribution in [3.63, 3.8) is 0 Å². The lowest BCUT2D eigenvalue weighted by molar-refractivity contribution is -0.0541. The Balaban J connectivity index is 1.41. The highest BCUT2D eigenvalue weighted by Gasteiger charge is 2.48. The van der Waals surface area contributed by atoms with Crippen molar-refractivity contribution in [2.24, 2.45) is 11.8 Å². The zero-order valence-electron chi connectivity index (χ0n) is 18.0. The van der Waals surface area contributed by atoms with Crippen LogP contribution < -0.4 is 4.90 Å². The standard InChI is InChI=1S/C18H22ClN5O9P2/c19-16-10(2-20)13(23-4-8-1-9(8)5-23)11-3-21-24(17(11)22-16)18-15(26)14(25)12(33-18)6-32-35(30,31)7-34(27,28)29/h3,8-9,12,14-15,18,25-26H,1,4-7H2,(H,30,31)(H2,27,28,29)/t8?,9?,12-,14-,15-,18-/m1/s1. The van der Waals surface area contributed by atoms with Crippen LogP contribution in [0.3, 0.4) is 0 Å². The largest absolute Gasteiger partial charge is 0.387 e. The highest BCUT2D eigenvalue weighted by molar-refractivity contribution is 7.70. The molecule has 0 radical (unpaired) electrons. The molecule has 0 amide bonds. The number of halogens is 1. The van der Waals surface area contributed by atoms with E-state index in [4.69, 9.17) is 30.6 Å². The van der Waals surface area contributed by atoms with Crippen molar-refractivity contribution >= 4 is 43.5 Å². The van der Waals surface area contributed by atoms with Gasteiger partial charge in [0.2, 0.25) is 0 Å². The van der Waals surface area contributed by atoms with Gasteiger partial charge in [-0.05, 0) is 18.3 Å². The van der Waals surface area contributed by atoms with E-state index >= 15 is 0 Å². The van der Waals surface area contributed by atoms with Gasteiger partial charge in [0.1, 0.15) is 29.9 Å². The van der Waals surface area contributed by atoms with Crippen molar-refractivity contribution in [2.75, 3.05) is 30.5 Å². The summed E-state index contributed by atoms with van der Waals surface area (Å²) >= 11 is 6.32. The molecule has 35 heavy (non-hydrogen) atoms. The summed E-state index contributed by atoms with van der Waals surface area (Å²) in [4.78, 5) is 33.8. The molecule has 2 aromatic heterocycles. The van der Waals surface area contributed by atoms with E-state index < -0.39 is 52.2 Å². The lowest BCUT2D eigenvalue weighted by Gasteiger charge is -2.23. The van der Waals surface area contributed by atoms with Gasteiger partial charge in [-0.1, -0.05) is 11.6 Å². The van der Waals surface area contributed by atoms with Gasteiger partial charge in [0.25, 0.3) is 0 Å². The van der Waals surface area contributed by atoms with Gasteiger partial charge in [-0.15, -0.1) is 0 Å². The topological polar surface area (TPSA) is 211 Å². The maximum absolute atomic E-state index is 11.9. The Labute approximate surface area is 203 Å². The fourth-order valence-electron chi connectivity index (χ4n) is 4.74. The smallest absolute Gasteiger partial charge is 0.340 e. The van der Waals surface area contributed by atoms with E-state index in [9.17, 15) is 29.5 Å². The first-order valence-electron chi connectivity index (χ1n) is 10.6. The van der Waals surface area contributed by atoms with Crippen molar-refractivity contribution < 1.29 is 43.3 Å². The first kappa shape index (κ1) is 25.0. The molecule has 5 rings (SSSR count). The third kappa shape index (κ3) is 4.74. The molecule has 0 aromatic carbocycles. The minimum atomic E-state index is -4.83. The number of ether oxygens (including phenoxy) is 1. The van der Waals surface area contributed by atoms with Gasteiger partial charge in [0.05, 0.1) is 23.9 Å². The van der Waals surface area contributed by atoms with Crippen LogP contribution in [0.15, 0.2) is 6.20 Å². The SMILES string of the molecule is N#Cc1c(Cl)nc2c(cnn2[C@@H]2O[C@H](COP(=O)(O)CP(=O)(O)O)[C@@H](O)[C@H]2O)c1N1CC2CC2C1. The van der Waals surface area contributed by atoms with Crippen LogP contribution in [-0.2, 0) is 18.4 Å². The normalized spacial score (nSPS) is 32.0. The van der Waals surface area contributed by atoms with E-state index in [-0.39, 0.29) is 16.4 Å². The second-order valence-electron chi connectivity index (χ2n) is 9.01. The van der Waals surface area contributed by atoms with Crippen LogP contribution in [0.5, 0.6) is 0 Å². The molecule has 3 fully saturated rings. The number of aliphatic hydroxyl groups is 2. The van der Waals surface area contributed by atoms with E-state index in [1.807, 2.05) is 0 Å². The van der Waals surface area contributed by atoms with Crippen molar-refractivity contribution in [3.8, 4) is 6.07 Å². The fourth-order valence-corrected chi connectivity index (χ4v) is 7.52. The molecule has 14 nitrogen and oxygen atoms in total. The van der Waals surface area contributed by atoms with Crippen molar-refractivity contribution in [3.05, 3.63) is 16.9 Å². The van der Waals surface area contributed by atoms with Gasteiger partial charge >= 0.3 is 15.2 Å². The summed E-state index contributed by atoms with van der Waals surface area (Å²) in [5.41, 5.74) is 1.01. The predicted molar refractivity (Wildman–Crippen MR) is 120 cm³/mol. The maximum atomic E-state index is 11.9. The van der Waals surface area contributed by atoms with E-state index in [1.165, 1.54) is 10.9 Å². The lowest BCUT2D eigenvalue weighted by Crippen LogP contribution is -2.33. The van der Waals surface area contributed by atoms with Crippen LogP contribution in [-0.4, -0.2) is 83.6 Å². The monoisotopic (exact) mass is 549 g/mol. The zero-order chi connectivity index (χ0) is 25.3. The second kappa shape index (κ2) is 8.75. The summed E-state index contributed by atoms with van der Waals surface area (Å²) in [7, 11) is -9.53. The molecule has 1 saturated carbocycles. The Hall–Kier alpha value is -1.62. The maximum Gasteiger partial charge on any atom is 0.340 e. The van der Waals surface area contributed by atoms with E-state index in [1.54, 1.807) is 0 Å². The Morgan fingerprint density at radius 3 is 2.54 bits per heavy atom. The molecule has 7 atom stereocenters. The van der Waals surface area contributed by atoms with Gasteiger partial charge in [-0.25, -0.2) is 9.67 Å². The van der Waals surface area contributed by atoms with Crippen LogP contribution in [0, 0.1) is 23.2 Å². The Morgan fingerprint density at radius 2 is 1.91 bits per heavy atom. The summed E-state index contributed by atoms with van der Waals surface area (Å²) in [5, 5.41) is 35.4. The molecule has 0 spiro atoms. The Morgan fingerprint density at radius 1 is 1.23 bits per heavy atom. The summed E-state index contributed by atoms with van der Waals surface area (Å²) in [5.74, 6) is -0.256. The van der Waals surface area contributed by atoms with Crippen molar-refractivity contribution in [2.45, 2.75) is 31.0 Å². The van der Waals surface area contributed by atoms with Crippen molar-refractivity contribution in [1.82, 2.24) is 14.8 Å². The Bertz CT molecular complexity index is 1300. The number of hydrogen-bond donors (Lipinski definition) is 5. The molecule has 1 aliphatic carbocycles. The number of aliphatic hydroxyl groups excluding tert-OH is 2. The first-order valence-corrected chi connectivity index (χ1v) is 14.6. The summed E-state index contributed by atoms with van der Waals surface area (Å²) in [6.07, 6.45) is -3.11. The molecular formula is C18H22ClN5O9P2. The van der Waals surface area contributed by atoms with Crippen LogP contribution in [0.1, 0.15) is 18.2 Å². The highest BCUT2D eigenvalue weighted by atomic mass is 35.5. The highest BCUT2D eigenvalue weighted by Crippen LogP contribution is 2.55. The van der Waals surface area contributed by atoms with Gasteiger partial charge < -0.3 is 39.1 Å². The minimum Gasteiger partial charge on any atom is -0.387 e. The predicted octanol–water partition coefficient (Wildman–Crippen LogP) is 0.369. The second-order valence-corrected chi connectivity index (χ2v) is 13.4. The molecule has 17 heteroatoms. The van der Waals surface area contributed by atoms with Crippen LogP contribution in [0.4, 0.5) is 5.69 Å². The van der Waals surface area contributed by atoms with Gasteiger partial charge in [-0.2, -0.15) is 10.4 Å². The third-order valence-corrected chi connectivity index (χ3v) is 10.2. The van der Waals surface area contributed by atoms with Gasteiger partial charge in [0, 0.05) is 13.1 Å². The molecule has 5 N–H and O–H groups in total. The van der Waals surface area contributed by atoms with Crippen LogP contribution in [0.25, 0.3) is 11.0 Å². The number of nitrogens with zero attached hydrogens (tertiary/aromatic N) is 5. The molecule has 2 saturated heterocycles. The molecule has 2 aliphatic heterocycles. The van der Waals surface area contributed by atoms with Crippen molar-refractivity contribution in [1.29, 1.82) is 5.26 Å². The van der Waals surface area contributed by atoms with Gasteiger partial charge in [-0.3, -0.25) is 9.13 Å². The Kier molecular flexibility index (Phi) is 6.26. The van der Waals surface area contributed by atoms with Crippen LogP contribution in [0.2, 0.25) is 5.15 Å². The van der Waals surface area contributed by atoms with E-state index in [0.717, 1.165) is 19.5 Å². The molecule has 3 aliphatic rings. The van der Waals surface area contributed by atoms with E-state index in [2.05, 4.69) is 21.1 Å². The number of pyridine rings is 1. The summed E-state index contributed by atoms with van der Waals surface area (Å²) < 4.78 is 34.5. The summed E-state index contributed by atoms with van der Waals surface area (Å²) in [6, 6.07) is 2.10. The quantitative estimate of drug-likeness (QED) is 0.233. The number of aromatic nitrogens is 3. The molecule has 2 aromatic rings. The number of hydrogen-bond acceptors (Lipinski definition) is 10. The van der Waals surface area contributed by atoms with Gasteiger partial charge in [0.15, 0.2) is 22.9 Å². The minimum absolute atomic E-state index is 0.0519. The molecular weight excluding hydrogens is 528 g/mol. The average Bonchev–Trinajstić information content (AvgIpc) is 3.05. The third-order valence-electron chi connectivity index (χ3n) is 6.46. The molecule has 3 unspecified atom stereocenters.